The van der Waals surface area contributed by atoms with Crippen molar-refractivity contribution in [2.24, 2.45) is 0 Å². The van der Waals surface area contributed by atoms with Gasteiger partial charge in [-0.15, -0.1) is 0 Å². The van der Waals surface area contributed by atoms with Gasteiger partial charge in [0.25, 0.3) is 0 Å². The molecule has 0 aliphatic rings. The highest BCUT2D eigenvalue weighted by Gasteiger charge is 2.13. The number of methoxy groups -OCH3 is 1. The molecule has 0 amide bonds. The molecule has 1 N–H and O–H groups in total. The van der Waals surface area contributed by atoms with E-state index in [0.29, 0.717) is 18.8 Å². The normalized spacial score (nSPS) is 10.3. The zero-order valence-corrected chi connectivity index (χ0v) is 10.7. The Morgan fingerprint density at radius 2 is 2.20 bits per heavy atom. The summed E-state index contributed by atoms with van der Waals surface area (Å²) < 4.78 is 33.7. The average molecular weight is 278 g/mol. The summed E-state index contributed by atoms with van der Waals surface area (Å²) in [7, 11) is 1.58. The molecule has 1 heterocycles. The summed E-state index contributed by atoms with van der Waals surface area (Å²) >= 11 is 0. The number of nitrogens with zero attached hydrogens (tertiary/aromatic N) is 3. The standard InChI is InChI=1S/C13H12F2N4O/c1-20-5-4-19-8-10(7-17-19)18-11-3-2-9(6-16)12(14)13(11)15/h2-3,7-8,18H,4-5H2,1H3. The summed E-state index contributed by atoms with van der Waals surface area (Å²) in [5.74, 6) is -2.25. The molecule has 0 unspecified atom stereocenters. The molecule has 0 radical (unpaired) electrons. The highest BCUT2D eigenvalue weighted by atomic mass is 19.2. The maximum atomic E-state index is 13.7. The largest absolute Gasteiger partial charge is 0.383 e. The van der Waals surface area contributed by atoms with Crippen LogP contribution < -0.4 is 5.32 Å². The Morgan fingerprint density at radius 3 is 2.90 bits per heavy atom. The number of halogens is 2. The van der Waals surface area contributed by atoms with Gasteiger partial charge in [0.05, 0.1) is 36.3 Å². The zero-order valence-electron chi connectivity index (χ0n) is 10.7. The van der Waals surface area contributed by atoms with Crippen LogP contribution in [-0.4, -0.2) is 23.5 Å². The molecular formula is C13H12F2N4O. The van der Waals surface area contributed by atoms with Crippen molar-refractivity contribution in [3.05, 3.63) is 41.7 Å². The third-order valence-corrected chi connectivity index (χ3v) is 2.64. The van der Waals surface area contributed by atoms with Gasteiger partial charge in [0.15, 0.2) is 11.6 Å². The van der Waals surface area contributed by atoms with E-state index in [1.54, 1.807) is 24.1 Å². The highest BCUT2D eigenvalue weighted by molar-refractivity contribution is 5.60. The van der Waals surface area contributed by atoms with Crippen LogP contribution in [0.1, 0.15) is 5.56 Å². The van der Waals surface area contributed by atoms with Crippen molar-refractivity contribution in [3.63, 3.8) is 0 Å². The van der Waals surface area contributed by atoms with Gasteiger partial charge in [0, 0.05) is 13.3 Å². The third kappa shape index (κ3) is 2.92. The SMILES string of the molecule is COCCn1cc(Nc2ccc(C#N)c(F)c2F)cn1. The molecule has 0 fully saturated rings. The lowest BCUT2D eigenvalue weighted by molar-refractivity contribution is 0.183. The molecule has 1 aromatic carbocycles. The van der Waals surface area contributed by atoms with Crippen LogP contribution in [0.15, 0.2) is 24.5 Å². The summed E-state index contributed by atoms with van der Waals surface area (Å²) in [6, 6.07) is 4.11. The van der Waals surface area contributed by atoms with Crippen LogP contribution in [-0.2, 0) is 11.3 Å². The molecule has 0 atom stereocenters. The Labute approximate surface area is 114 Å². The second-order valence-corrected chi connectivity index (χ2v) is 4.01. The predicted octanol–water partition coefficient (Wildman–Crippen LogP) is 2.42. The first-order valence-electron chi connectivity index (χ1n) is 5.82. The van der Waals surface area contributed by atoms with Crippen LogP contribution >= 0.6 is 0 Å². The van der Waals surface area contributed by atoms with Crippen LogP contribution in [0, 0.1) is 23.0 Å². The summed E-state index contributed by atoms with van der Waals surface area (Å²) in [4.78, 5) is 0. The average Bonchev–Trinajstić information content (AvgIpc) is 2.89. The molecule has 0 aliphatic heterocycles. The van der Waals surface area contributed by atoms with Crippen molar-refractivity contribution >= 4 is 11.4 Å². The number of benzene rings is 1. The molecule has 5 nitrogen and oxygen atoms in total. The van der Waals surface area contributed by atoms with Crippen molar-refractivity contribution in [1.82, 2.24) is 9.78 Å². The molecule has 1 aromatic heterocycles. The maximum absolute atomic E-state index is 13.7. The molecule has 104 valence electrons. The number of ether oxygens (including phenoxy) is 1. The van der Waals surface area contributed by atoms with Gasteiger partial charge < -0.3 is 10.1 Å². The minimum Gasteiger partial charge on any atom is -0.383 e. The Bertz CT molecular complexity index is 648. The van der Waals surface area contributed by atoms with Gasteiger partial charge in [-0.05, 0) is 12.1 Å². The lowest BCUT2D eigenvalue weighted by Crippen LogP contribution is -2.04. The lowest BCUT2D eigenvalue weighted by atomic mass is 10.2. The van der Waals surface area contributed by atoms with Crippen LogP contribution in [0.2, 0.25) is 0 Å². The number of hydrogen-bond acceptors (Lipinski definition) is 4. The van der Waals surface area contributed by atoms with E-state index in [1.807, 2.05) is 0 Å². The van der Waals surface area contributed by atoms with E-state index in [4.69, 9.17) is 10.00 Å². The fraction of sp³-hybridized carbons (Fsp3) is 0.231. The monoisotopic (exact) mass is 278 g/mol. The van der Waals surface area contributed by atoms with Crippen molar-refractivity contribution < 1.29 is 13.5 Å². The number of aromatic nitrogens is 2. The number of nitrogens with one attached hydrogen (secondary N) is 1. The van der Waals surface area contributed by atoms with E-state index in [0.717, 1.165) is 0 Å². The summed E-state index contributed by atoms with van der Waals surface area (Å²) in [5, 5.41) is 15.4. The number of nitriles is 1. The van der Waals surface area contributed by atoms with E-state index < -0.39 is 11.6 Å². The van der Waals surface area contributed by atoms with Crippen molar-refractivity contribution in [3.8, 4) is 6.07 Å². The molecule has 7 heteroatoms. The van der Waals surface area contributed by atoms with Gasteiger partial charge in [-0.25, -0.2) is 8.78 Å². The Balaban J connectivity index is 2.16. The minimum absolute atomic E-state index is 0.0483. The van der Waals surface area contributed by atoms with E-state index in [1.165, 1.54) is 18.3 Å². The fourth-order valence-electron chi connectivity index (χ4n) is 1.62. The molecule has 0 bridgehead atoms. The smallest absolute Gasteiger partial charge is 0.183 e. The summed E-state index contributed by atoms with van der Waals surface area (Å²) in [5.41, 5.74) is 0.140. The van der Waals surface area contributed by atoms with Gasteiger partial charge in [-0.3, -0.25) is 4.68 Å². The lowest BCUT2D eigenvalue weighted by Gasteiger charge is -2.06. The minimum atomic E-state index is -1.16. The first-order chi connectivity index (χ1) is 9.65. The van der Waals surface area contributed by atoms with Crippen molar-refractivity contribution in [2.45, 2.75) is 6.54 Å². The number of hydrogen-bond donors (Lipinski definition) is 1. The molecule has 0 aliphatic carbocycles. The van der Waals surface area contributed by atoms with Crippen LogP contribution in [0.3, 0.4) is 0 Å². The van der Waals surface area contributed by atoms with Gasteiger partial charge >= 0.3 is 0 Å². The third-order valence-electron chi connectivity index (χ3n) is 2.64. The topological polar surface area (TPSA) is 62.9 Å². The number of anilines is 2. The van der Waals surface area contributed by atoms with Crippen LogP contribution in [0.4, 0.5) is 20.2 Å². The van der Waals surface area contributed by atoms with Gasteiger partial charge in [-0.2, -0.15) is 10.4 Å². The Hall–Kier alpha value is -2.46. The van der Waals surface area contributed by atoms with Gasteiger partial charge in [0.2, 0.25) is 0 Å². The van der Waals surface area contributed by atoms with Crippen LogP contribution in [0.5, 0.6) is 0 Å². The quantitative estimate of drug-likeness (QED) is 0.912. The first-order valence-corrected chi connectivity index (χ1v) is 5.82. The second-order valence-electron chi connectivity index (χ2n) is 4.01. The molecule has 0 spiro atoms. The number of rotatable bonds is 5. The summed E-state index contributed by atoms with van der Waals surface area (Å²) in [6.07, 6.45) is 3.14. The zero-order chi connectivity index (χ0) is 14.5. The van der Waals surface area contributed by atoms with Crippen LogP contribution in [0.25, 0.3) is 0 Å². The van der Waals surface area contributed by atoms with E-state index in [9.17, 15) is 8.78 Å². The van der Waals surface area contributed by atoms with E-state index in [2.05, 4.69) is 10.4 Å². The summed E-state index contributed by atoms with van der Waals surface area (Å²) in [6.45, 7) is 1.06. The Morgan fingerprint density at radius 1 is 1.40 bits per heavy atom. The van der Waals surface area contributed by atoms with Crippen molar-refractivity contribution in [1.29, 1.82) is 5.26 Å². The van der Waals surface area contributed by atoms with E-state index in [-0.39, 0.29) is 11.3 Å². The molecule has 0 saturated carbocycles. The predicted molar refractivity (Wildman–Crippen MR) is 68.5 cm³/mol. The van der Waals surface area contributed by atoms with Gasteiger partial charge in [0.1, 0.15) is 6.07 Å². The maximum Gasteiger partial charge on any atom is 0.183 e. The molecular weight excluding hydrogens is 266 g/mol. The first kappa shape index (κ1) is 14.0. The van der Waals surface area contributed by atoms with Crippen molar-refractivity contribution in [2.75, 3.05) is 19.0 Å². The Kier molecular flexibility index (Phi) is 4.27. The van der Waals surface area contributed by atoms with E-state index >= 15 is 0 Å². The molecule has 20 heavy (non-hydrogen) atoms. The highest BCUT2D eigenvalue weighted by Crippen LogP contribution is 2.23. The molecule has 0 saturated heterocycles. The second kappa shape index (κ2) is 6.12. The fourth-order valence-corrected chi connectivity index (χ4v) is 1.62. The molecule has 2 rings (SSSR count). The molecule has 2 aromatic rings. The van der Waals surface area contributed by atoms with Gasteiger partial charge in [-0.1, -0.05) is 0 Å².